The van der Waals surface area contributed by atoms with Gasteiger partial charge >= 0.3 is 6.09 Å². The smallest absolute Gasteiger partial charge is 0.414 e. The lowest BCUT2D eigenvalue weighted by Crippen LogP contribution is -2.38. The van der Waals surface area contributed by atoms with Gasteiger partial charge in [0.2, 0.25) is 0 Å². The zero-order chi connectivity index (χ0) is 14.9. The molecule has 19 heavy (non-hydrogen) atoms. The molecule has 0 aromatic heterocycles. The molecule has 110 valence electrons. The highest BCUT2D eigenvalue weighted by atomic mass is 32.2. The number of amides is 1. The zero-order valence-electron chi connectivity index (χ0n) is 12.0. The Morgan fingerprint density at radius 3 is 2.47 bits per heavy atom. The lowest BCUT2D eigenvalue weighted by atomic mass is 10.1. The van der Waals surface area contributed by atoms with Crippen LogP contribution < -0.4 is 0 Å². The Hall–Kier alpha value is -1.17. The number of allylic oxidation sites excluding steroid dienone is 1. The van der Waals surface area contributed by atoms with E-state index in [1.807, 2.05) is 32.4 Å². The summed E-state index contributed by atoms with van der Waals surface area (Å²) in [6.45, 7) is 6.22. The first-order valence-corrected chi connectivity index (χ1v) is 7.44. The van der Waals surface area contributed by atoms with E-state index in [1.165, 1.54) is 0 Å². The summed E-state index contributed by atoms with van der Waals surface area (Å²) >= 11 is 1.64. The average molecular weight is 289 g/mol. The molecule has 1 aliphatic rings. The van der Waals surface area contributed by atoms with Crippen LogP contribution in [0.3, 0.4) is 0 Å². The number of likely N-dealkylation sites (tertiary alicyclic amines) is 1. The summed E-state index contributed by atoms with van der Waals surface area (Å²) in [5.41, 5.74) is 0.673. The Morgan fingerprint density at radius 1 is 1.42 bits per heavy atom. The molecule has 0 aromatic carbocycles. The number of carbonyl (C=O) groups is 2. The molecule has 1 N–H and O–H groups in total. The van der Waals surface area contributed by atoms with Crippen molar-refractivity contribution in [2.24, 2.45) is 0 Å². The quantitative estimate of drug-likeness (QED) is 0.750. The fourth-order valence-electron chi connectivity index (χ4n) is 1.64. The van der Waals surface area contributed by atoms with Gasteiger partial charge in [-0.25, -0.2) is 4.79 Å². The topological polar surface area (TPSA) is 66.8 Å². The number of thioether (sulfide) groups is 1. The molecule has 0 spiro atoms. The molecular weight excluding hydrogens is 266 g/mol. The summed E-state index contributed by atoms with van der Waals surface area (Å²) in [5.74, 6) is 0. The molecule has 5 nitrogen and oxygen atoms in total. The first kappa shape index (κ1) is 17.8. The van der Waals surface area contributed by atoms with Crippen LogP contribution in [0.5, 0.6) is 0 Å². The van der Waals surface area contributed by atoms with Crippen molar-refractivity contribution in [3.05, 3.63) is 11.1 Å². The fourth-order valence-corrected chi connectivity index (χ4v) is 2.16. The van der Waals surface area contributed by atoms with E-state index < -0.39 is 5.60 Å². The predicted octanol–water partition coefficient (Wildman–Crippen LogP) is 3.31. The van der Waals surface area contributed by atoms with Gasteiger partial charge in [-0.3, -0.25) is 9.69 Å². The molecule has 0 saturated carbocycles. The largest absolute Gasteiger partial charge is 0.483 e. The van der Waals surface area contributed by atoms with E-state index in [-0.39, 0.29) is 12.6 Å². The average Bonchev–Trinajstić information content (AvgIpc) is 2.29. The molecule has 0 unspecified atom stereocenters. The summed E-state index contributed by atoms with van der Waals surface area (Å²) < 4.78 is 5.39. The van der Waals surface area contributed by atoms with Gasteiger partial charge in [0, 0.05) is 12.2 Å². The van der Waals surface area contributed by atoms with Crippen molar-refractivity contribution in [2.75, 3.05) is 12.8 Å². The van der Waals surface area contributed by atoms with E-state index in [0.717, 1.165) is 31.5 Å². The molecule has 1 heterocycles. The highest BCUT2D eigenvalue weighted by Gasteiger charge is 2.26. The second-order valence-corrected chi connectivity index (χ2v) is 5.75. The molecule has 6 heteroatoms. The Bertz CT molecular complexity index is 323. The van der Waals surface area contributed by atoms with Crippen molar-refractivity contribution < 1.29 is 19.4 Å². The molecule has 0 radical (unpaired) electrons. The van der Waals surface area contributed by atoms with Gasteiger partial charge in [-0.15, -0.1) is 11.8 Å². The number of rotatable bonds is 1. The Labute approximate surface area is 119 Å². The lowest BCUT2D eigenvalue weighted by Gasteiger charge is -2.31. The van der Waals surface area contributed by atoms with Gasteiger partial charge in [0.1, 0.15) is 5.60 Å². The Kier molecular flexibility index (Phi) is 8.30. The van der Waals surface area contributed by atoms with Crippen molar-refractivity contribution >= 4 is 24.3 Å². The third-order valence-corrected chi connectivity index (χ3v) is 2.79. The van der Waals surface area contributed by atoms with E-state index in [4.69, 9.17) is 14.6 Å². The van der Waals surface area contributed by atoms with Crippen LogP contribution in [0, 0.1) is 0 Å². The van der Waals surface area contributed by atoms with Gasteiger partial charge in [-0.1, -0.05) is 0 Å². The Morgan fingerprint density at radius 2 is 2.00 bits per heavy atom. The second-order valence-electron chi connectivity index (χ2n) is 5.04. The van der Waals surface area contributed by atoms with E-state index in [1.54, 1.807) is 16.7 Å². The van der Waals surface area contributed by atoms with Crippen LogP contribution in [0.4, 0.5) is 4.79 Å². The summed E-state index contributed by atoms with van der Waals surface area (Å²) in [4.78, 5) is 22.1. The minimum Gasteiger partial charge on any atom is -0.483 e. The molecule has 1 rings (SSSR count). The fraction of sp³-hybridized carbons (Fsp3) is 0.692. The third kappa shape index (κ3) is 7.77. The van der Waals surface area contributed by atoms with E-state index in [0.29, 0.717) is 0 Å². The molecule has 0 bridgehead atoms. The molecular formula is C13H23NO4S. The first-order valence-electron chi connectivity index (χ1n) is 6.16. The van der Waals surface area contributed by atoms with E-state index in [9.17, 15) is 4.79 Å². The molecule has 0 aliphatic carbocycles. The van der Waals surface area contributed by atoms with Gasteiger partial charge in [0.05, 0.1) is 0 Å². The second kappa shape index (κ2) is 8.85. The number of hydrogen-bond donors (Lipinski definition) is 1. The van der Waals surface area contributed by atoms with Gasteiger partial charge in [0.15, 0.2) is 0 Å². The zero-order valence-corrected chi connectivity index (χ0v) is 12.8. The number of nitrogens with zero attached hydrogens (tertiary/aromatic N) is 1. The van der Waals surface area contributed by atoms with Crippen molar-refractivity contribution in [1.29, 1.82) is 0 Å². The van der Waals surface area contributed by atoms with Crippen molar-refractivity contribution in [2.45, 2.75) is 45.6 Å². The minimum atomic E-state index is -0.418. The van der Waals surface area contributed by atoms with Crippen LogP contribution >= 0.6 is 11.8 Å². The van der Waals surface area contributed by atoms with Crippen LogP contribution in [0.25, 0.3) is 0 Å². The van der Waals surface area contributed by atoms with Crippen molar-refractivity contribution in [1.82, 2.24) is 4.90 Å². The monoisotopic (exact) mass is 289 g/mol. The molecule has 1 saturated heterocycles. The van der Waals surface area contributed by atoms with Crippen LogP contribution in [0.15, 0.2) is 11.1 Å². The maximum atomic E-state index is 12.0. The summed E-state index contributed by atoms with van der Waals surface area (Å²) in [6.07, 6.45) is 4.98. The first-order chi connectivity index (χ1) is 8.85. The Balaban J connectivity index is 0.000000982. The number of carbonyl (C=O) groups excluding carboxylic acids is 1. The van der Waals surface area contributed by atoms with Gasteiger partial charge in [0.25, 0.3) is 6.47 Å². The highest BCUT2D eigenvalue weighted by molar-refractivity contribution is 8.01. The van der Waals surface area contributed by atoms with Gasteiger partial charge < -0.3 is 9.84 Å². The molecule has 1 amide bonds. The molecule has 1 fully saturated rings. The maximum Gasteiger partial charge on any atom is 0.414 e. The summed E-state index contributed by atoms with van der Waals surface area (Å²) in [6, 6.07) is 0. The standard InChI is InChI=1S/C12H21NO2S.CH2O2/c1-12(2,3)15-11(14)13-8-6-5-7-10(13)9-16-4;2-1-3/h9H,5-8H2,1-4H3;1H,(H,2,3). The summed E-state index contributed by atoms with van der Waals surface area (Å²) in [7, 11) is 0. The van der Waals surface area contributed by atoms with E-state index >= 15 is 0 Å². The number of carboxylic acid groups (broad SMARTS) is 1. The van der Waals surface area contributed by atoms with Crippen LogP contribution in [-0.4, -0.2) is 41.0 Å². The highest BCUT2D eigenvalue weighted by Crippen LogP contribution is 2.24. The normalized spacial score (nSPS) is 17.5. The minimum absolute atomic E-state index is 0.215. The van der Waals surface area contributed by atoms with Crippen LogP contribution in [-0.2, 0) is 9.53 Å². The number of hydrogen-bond acceptors (Lipinski definition) is 4. The van der Waals surface area contributed by atoms with E-state index in [2.05, 4.69) is 0 Å². The molecule has 0 aromatic rings. The van der Waals surface area contributed by atoms with Crippen LogP contribution in [0.2, 0.25) is 0 Å². The van der Waals surface area contributed by atoms with Crippen LogP contribution in [0.1, 0.15) is 40.0 Å². The number of ether oxygens (including phenoxy) is 1. The number of piperidine rings is 1. The van der Waals surface area contributed by atoms with Crippen molar-refractivity contribution in [3.8, 4) is 0 Å². The van der Waals surface area contributed by atoms with Crippen molar-refractivity contribution in [3.63, 3.8) is 0 Å². The van der Waals surface area contributed by atoms with Gasteiger partial charge in [-0.05, 0) is 51.7 Å². The maximum absolute atomic E-state index is 12.0. The third-order valence-electron chi connectivity index (χ3n) is 2.28. The summed E-state index contributed by atoms with van der Waals surface area (Å²) in [5, 5.41) is 8.93. The lowest BCUT2D eigenvalue weighted by molar-refractivity contribution is -0.122. The SMILES string of the molecule is CSC=C1CCCCN1C(=O)OC(C)(C)C.O=CO. The molecule has 1 aliphatic heterocycles. The molecule has 0 atom stereocenters. The predicted molar refractivity (Wildman–Crippen MR) is 77.1 cm³/mol. The van der Waals surface area contributed by atoms with Gasteiger partial charge in [-0.2, -0.15) is 0 Å².